The van der Waals surface area contributed by atoms with Gasteiger partial charge in [-0.2, -0.15) is 0 Å². The molecule has 0 heterocycles. The lowest BCUT2D eigenvalue weighted by Gasteiger charge is -2.19. The van der Waals surface area contributed by atoms with E-state index in [0.29, 0.717) is 4.47 Å². The number of carbonyl (C=O) groups excluding carboxylic acids is 1. The topological polar surface area (TPSA) is 84.9 Å². The van der Waals surface area contributed by atoms with Crippen molar-refractivity contribution in [3.05, 3.63) is 41.1 Å². The Kier molecular flexibility index (Phi) is 7.70. The molecule has 2 atom stereocenters. The Morgan fingerprint density at radius 1 is 1.52 bits per heavy atom. The van der Waals surface area contributed by atoms with E-state index in [0.717, 1.165) is 0 Å². The van der Waals surface area contributed by atoms with Gasteiger partial charge in [0.15, 0.2) is 12.1 Å². The van der Waals surface area contributed by atoms with Gasteiger partial charge < -0.3 is 19.9 Å². The SMILES string of the molecule is C=CCOCC(NC(=O)C(C)Oc1ccc(F)cc1Br)C(=O)O. The van der Waals surface area contributed by atoms with Gasteiger partial charge in [-0.1, -0.05) is 6.08 Å². The summed E-state index contributed by atoms with van der Waals surface area (Å²) < 4.78 is 23.8. The van der Waals surface area contributed by atoms with E-state index in [1.54, 1.807) is 0 Å². The van der Waals surface area contributed by atoms with Crippen molar-refractivity contribution < 1.29 is 28.6 Å². The van der Waals surface area contributed by atoms with Crippen molar-refractivity contribution in [2.24, 2.45) is 0 Å². The molecule has 2 N–H and O–H groups in total. The van der Waals surface area contributed by atoms with E-state index >= 15 is 0 Å². The van der Waals surface area contributed by atoms with Crippen LogP contribution in [0.3, 0.4) is 0 Å². The highest BCUT2D eigenvalue weighted by Crippen LogP contribution is 2.26. The number of nitrogens with one attached hydrogen (secondary N) is 1. The molecule has 0 saturated carbocycles. The predicted molar refractivity (Wildman–Crippen MR) is 84.8 cm³/mol. The van der Waals surface area contributed by atoms with E-state index in [2.05, 4.69) is 27.8 Å². The van der Waals surface area contributed by atoms with Crippen LogP contribution in [0.4, 0.5) is 4.39 Å². The number of hydrogen-bond donors (Lipinski definition) is 2. The highest BCUT2D eigenvalue weighted by molar-refractivity contribution is 9.10. The Bertz CT molecular complexity index is 581. The molecule has 1 aromatic carbocycles. The van der Waals surface area contributed by atoms with Crippen molar-refractivity contribution in [1.82, 2.24) is 5.32 Å². The van der Waals surface area contributed by atoms with Gasteiger partial charge in [-0.05, 0) is 41.1 Å². The van der Waals surface area contributed by atoms with Crippen LogP contribution >= 0.6 is 15.9 Å². The number of carboxylic acids is 1. The molecule has 0 aromatic heterocycles. The first-order chi connectivity index (χ1) is 10.8. The van der Waals surface area contributed by atoms with Crippen LogP contribution in [0.15, 0.2) is 35.3 Å². The number of amides is 1. The molecular formula is C15H17BrFNO5. The van der Waals surface area contributed by atoms with Crippen LogP contribution in [0, 0.1) is 5.82 Å². The van der Waals surface area contributed by atoms with E-state index in [4.69, 9.17) is 14.6 Å². The molecule has 23 heavy (non-hydrogen) atoms. The number of ether oxygens (including phenoxy) is 2. The predicted octanol–water partition coefficient (Wildman–Crippen LogP) is 2.13. The van der Waals surface area contributed by atoms with Gasteiger partial charge in [-0.3, -0.25) is 4.79 Å². The van der Waals surface area contributed by atoms with Gasteiger partial charge in [0.25, 0.3) is 5.91 Å². The third-order valence-corrected chi connectivity index (χ3v) is 3.32. The number of rotatable bonds is 9. The molecule has 0 fully saturated rings. The molecular weight excluding hydrogens is 373 g/mol. The molecule has 8 heteroatoms. The molecule has 1 amide bonds. The Morgan fingerprint density at radius 3 is 2.78 bits per heavy atom. The number of carbonyl (C=O) groups is 2. The fourth-order valence-electron chi connectivity index (χ4n) is 1.55. The fourth-order valence-corrected chi connectivity index (χ4v) is 1.99. The Hall–Kier alpha value is -1.93. The minimum absolute atomic E-state index is 0.175. The third-order valence-electron chi connectivity index (χ3n) is 2.70. The number of carboxylic acid groups (broad SMARTS) is 1. The van der Waals surface area contributed by atoms with E-state index in [-0.39, 0.29) is 19.0 Å². The van der Waals surface area contributed by atoms with Crippen molar-refractivity contribution in [3.63, 3.8) is 0 Å². The fraction of sp³-hybridized carbons (Fsp3) is 0.333. The maximum Gasteiger partial charge on any atom is 0.328 e. The normalized spacial score (nSPS) is 13.0. The third kappa shape index (κ3) is 6.37. The maximum absolute atomic E-state index is 13.0. The van der Waals surface area contributed by atoms with Crippen LogP contribution in [0.5, 0.6) is 5.75 Å². The average molecular weight is 390 g/mol. The lowest BCUT2D eigenvalue weighted by molar-refractivity contribution is -0.144. The van der Waals surface area contributed by atoms with Crippen molar-refractivity contribution in [2.75, 3.05) is 13.2 Å². The standard InChI is InChI=1S/C15H17BrFNO5/c1-3-6-22-8-12(15(20)21)18-14(19)9(2)23-13-5-4-10(17)7-11(13)16/h3-5,7,9,12H,1,6,8H2,2H3,(H,18,19)(H,20,21). The quantitative estimate of drug-likeness (QED) is 0.499. The summed E-state index contributed by atoms with van der Waals surface area (Å²) in [5.41, 5.74) is 0. The van der Waals surface area contributed by atoms with Crippen molar-refractivity contribution in [2.45, 2.75) is 19.1 Å². The smallest absolute Gasteiger partial charge is 0.328 e. The van der Waals surface area contributed by atoms with Crippen LogP contribution in [-0.4, -0.2) is 42.3 Å². The van der Waals surface area contributed by atoms with E-state index < -0.39 is 29.8 Å². The summed E-state index contributed by atoms with van der Waals surface area (Å²) in [5, 5.41) is 11.4. The Balaban J connectivity index is 2.63. The van der Waals surface area contributed by atoms with Crippen LogP contribution in [-0.2, 0) is 14.3 Å². The monoisotopic (exact) mass is 389 g/mol. The minimum atomic E-state index is -1.22. The van der Waals surface area contributed by atoms with Crippen LogP contribution < -0.4 is 10.1 Å². The second-order valence-corrected chi connectivity index (χ2v) is 5.41. The summed E-state index contributed by atoms with van der Waals surface area (Å²) >= 11 is 3.12. The molecule has 0 saturated heterocycles. The van der Waals surface area contributed by atoms with Gasteiger partial charge in [0.1, 0.15) is 11.6 Å². The van der Waals surface area contributed by atoms with E-state index in [1.807, 2.05) is 0 Å². The molecule has 2 unspecified atom stereocenters. The van der Waals surface area contributed by atoms with Crippen molar-refractivity contribution in [3.8, 4) is 5.75 Å². The number of halogens is 2. The number of benzene rings is 1. The largest absolute Gasteiger partial charge is 0.480 e. The molecule has 0 aliphatic heterocycles. The average Bonchev–Trinajstić information content (AvgIpc) is 2.48. The zero-order valence-corrected chi connectivity index (χ0v) is 14.0. The van der Waals surface area contributed by atoms with Gasteiger partial charge in [0.05, 0.1) is 17.7 Å². The van der Waals surface area contributed by atoms with Crippen LogP contribution in [0.25, 0.3) is 0 Å². The Labute approximate surface area is 141 Å². The molecule has 0 aliphatic carbocycles. The lowest BCUT2D eigenvalue weighted by Crippen LogP contribution is -2.48. The molecule has 0 aliphatic rings. The van der Waals surface area contributed by atoms with E-state index in [9.17, 15) is 14.0 Å². The highest BCUT2D eigenvalue weighted by Gasteiger charge is 2.24. The minimum Gasteiger partial charge on any atom is -0.480 e. The summed E-state index contributed by atoms with van der Waals surface area (Å²) in [7, 11) is 0. The second-order valence-electron chi connectivity index (χ2n) is 4.56. The summed E-state index contributed by atoms with van der Waals surface area (Å²) in [6.07, 6.45) is 0.497. The molecule has 0 spiro atoms. The first-order valence-corrected chi connectivity index (χ1v) is 7.48. The zero-order valence-electron chi connectivity index (χ0n) is 12.4. The zero-order chi connectivity index (χ0) is 17.4. The van der Waals surface area contributed by atoms with Gasteiger partial charge in [-0.25, -0.2) is 9.18 Å². The number of aliphatic carboxylic acids is 1. The van der Waals surface area contributed by atoms with Crippen LogP contribution in [0.2, 0.25) is 0 Å². The van der Waals surface area contributed by atoms with Gasteiger partial charge >= 0.3 is 5.97 Å². The summed E-state index contributed by atoms with van der Waals surface area (Å²) in [6.45, 7) is 4.88. The molecule has 0 radical (unpaired) electrons. The first kappa shape index (κ1) is 19.1. The second kappa shape index (κ2) is 9.26. The first-order valence-electron chi connectivity index (χ1n) is 6.68. The molecule has 6 nitrogen and oxygen atoms in total. The molecule has 0 bridgehead atoms. The van der Waals surface area contributed by atoms with Gasteiger partial charge in [-0.15, -0.1) is 6.58 Å². The number of hydrogen-bond acceptors (Lipinski definition) is 4. The molecule has 1 rings (SSSR count). The van der Waals surface area contributed by atoms with Gasteiger partial charge in [0.2, 0.25) is 0 Å². The lowest BCUT2D eigenvalue weighted by atomic mass is 10.2. The van der Waals surface area contributed by atoms with Crippen LogP contribution in [0.1, 0.15) is 6.92 Å². The van der Waals surface area contributed by atoms with E-state index in [1.165, 1.54) is 31.2 Å². The maximum atomic E-state index is 13.0. The molecule has 126 valence electrons. The summed E-state index contributed by atoms with van der Waals surface area (Å²) in [4.78, 5) is 23.1. The summed E-state index contributed by atoms with van der Waals surface area (Å²) in [5.74, 6) is -2.04. The highest BCUT2D eigenvalue weighted by atomic mass is 79.9. The Morgan fingerprint density at radius 2 is 2.22 bits per heavy atom. The van der Waals surface area contributed by atoms with Gasteiger partial charge in [0, 0.05) is 0 Å². The van der Waals surface area contributed by atoms with Crippen molar-refractivity contribution >= 4 is 27.8 Å². The summed E-state index contributed by atoms with van der Waals surface area (Å²) in [6, 6.07) is 2.55. The molecule has 1 aromatic rings. The van der Waals surface area contributed by atoms with Crippen molar-refractivity contribution in [1.29, 1.82) is 0 Å².